The fourth-order valence-corrected chi connectivity index (χ4v) is 6.31. The first-order chi connectivity index (χ1) is 41.7. The minimum atomic E-state index is -1.24. The van der Waals surface area contributed by atoms with Crippen LogP contribution in [0, 0.1) is 6.92 Å². The normalized spacial score (nSPS) is 11.4. The van der Waals surface area contributed by atoms with Gasteiger partial charge in [0.05, 0.1) is 18.9 Å². The predicted molar refractivity (Wildman–Crippen MR) is 358 cm³/mol. The zero-order valence-corrected chi connectivity index (χ0v) is 52.4. The lowest BCUT2D eigenvalue weighted by atomic mass is 10.1. The summed E-state index contributed by atoms with van der Waals surface area (Å²) in [6, 6.07) is 6.07. The summed E-state index contributed by atoms with van der Waals surface area (Å²) in [4.78, 5) is 92.9. The summed E-state index contributed by atoms with van der Waals surface area (Å²) in [6.45, 7) is 11.2. The van der Waals surface area contributed by atoms with Gasteiger partial charge in [0.25, 0.3) is 0 Å². The number of hydrogen-bond acceptors (Lipinski definition) is 11. The number of aromatic carboxylic acids is 1. The molecule has 0 fully saturated rings. The number of methoxy groups -OCH3 is 1. The number of carboxylic acid groups (broad SMARTS) is 5. The Labute approximate surface area is 524 Å². The van der Waals surface area contributed by atoms with Crippen LogP contribution in [0.25, 0.3) is 11.0 Å². The first kappa shape index (κ1) is 88.0. The van der Waals surface area contributed by atoms with Gasteiger partial charge in [0.1, 0.15) is 11.4 Å². The number of Topliss-reactive ketones (excluding diaryl/α,β-unsaturated/α-hetero) is 1. The molecule has 88 heavy (non-hydrogen) atoms. The van der Waals surface area contributed by atoms with Crippen LogP contribution >= 0.6 is 0 Å². The largest absolute Gasteiger partial charge is 0.481 e. The zero-order chi connectivity index (χ0) is 66.0. The molecule has 2 aromatic rings. The number of carboxylic acids is 5. The third kappa shape index (κ3) is 71.5. The molecule has 1 aromatic carbocycles. The average molecular weight is 1220 g/mol. The molecule has 486 valence electrons. The molecule has 0 spiro atoms. The molecule has 16 heteroatoms. The predicted octanol–water partition coefficient (Wildman–Crippen LogP) is 17.5. The Morgan fingerprint density at radius 1 is 0.489 bits per heavy atom. The van der Waals surface area contributed by atoms with Gasteiger partial charge in [-0.15, -0.1) is 0 Å². The quantitative estimate of drug-likeness (QED) is 0.0182. The van der Waals surface area contributed by atoms with E-state index in [0.29, 0.717) is 22.8 Å². The second-order valence-electron chi connectivity index (χ2n) is 18.6. The fraction of sp³-hybridized carbons (Fsp3) is 0.403. The van der Waals surface area contributed by atoms with Crippen molar-refractivity contribution >= 4 is 58.4 Å². The van der Waals surface area contributed by atoms with Gasteiger partial charge in [-0.3, -0.25) is 19.2 Å². The van der Waals surface area contributed by atoms with Gasteiger partial charge in [-0.2, -0.15) is 0 Å². The number of ketones is 2. The highest BCUT2D eigenvalue weighted by molar-refractivity contribution is 5.93. The SMILES string of the molecule is C.CC(=O)/C=C/C(=O)O.CC/C=C\C/C=C\C/C=C\C/C=C\C/C=C\C/C=C\CC(=O)O.CC/C=C\C/C=C\C/C=C\C/C=C\C/C=C\CCCC(=O)O.CCCCCCCC(C)=O.COC(=O)/C=C/C(=O)O.Cc1cccc2oc(C(=O)O)cc(=O)c12. The molecular formula is C72H102O16. The smallest absolute Gasteiger partial charge is 0.371 e. The highest BCUT2D eigenvalue weighted by atomic mass is 16.5. The van der Waals surface area contributed by atoms with Crippen molar-refractivity contribution in [1.29, 1.82) is 0 Å². The van der Waals surface area contributed by atoms with Gasteiger partial charge in [0, 0.05) is 37.1 Å². The second kappa shape index (κ2) is 67.3. The van der Waals surface area contributed by atoms with Crippen LogP contribution in [0.5, 0.6) is 0 Å². The number of aryl methyl sites for hydroxylation is 1. The van der Waals surface area contributed by atoms with E-state index in [1.165, 1.54) is 39.7 Å². The van der Waals surface area contributed by atoms with E-state index in [-0.39, 0.29) is 37.2 Å². The summed E-state index contributed by atoms with van der Waals surface area (Å²) in [5, 5.41) is 42.0. The zero-order valence-electron chi connectivity index (χ0n) is 52.4. The van der Waals surface area contributed by atoms with Gasteiger partial charge in [-0.1, -0.05) is 200 Å². The molecule has 0 bridgehead atoms. The van der Waals surface area contributed by atoms with Crippen molar-refractivity contribution in [2.24, 2.45) is 0 Å². The molecule has 0 aliphatic carbocycles. The maximum Gasteiger partial charge on any atom is 0.371 e. The lowest BCUT2D eigenvalue weighted by Crippen LogP contribution is -2.07. The van der Waals surface area contributed by atoms with Crippen molar-refractivity contribution in [2.75, 3.05) is 7.11 Å². The maximum absolute atomic E-state index is 11.6. The Morgan fingerprint density at radius 3 is 1.25 bits per heavy atom. The van der Waals surface area contributed by atoms with Crippen molar-refractivity contribution in [3.05, 3.63) is 204 Å². The Hall–Kier alpha value is -8.79. The molecule has 0 aliphatic heterocycles. The molecular weight excluding hydrogens is 1120 g/mol. The average Bonchev–Trinajstić information content (AvgIpc) is 3.51. The van der Waals surface area contributed by atoms with Gasteiger partial charge in [0.15, 0.2) is 11.2 Å². The van der Waals surface area contributed by atoms with E-state index in [1.807, 2.05) is 6.08 Å². The van der Waals surface area contributed by atoms with E-state index in [0.717, 1.165) is 126 Å². The number of esters is 1. The Balaban J connectivity index is -0.000000326. The maximum atomic E-state index is 11.6. The lowest BCUT2D eigenvalue weighted by Gasteiger charge is -2.00. The third-order valence-electron chi connectivity index (χ3n) is 10.6. The number of fused-ring (bicyclic) bond motifs is 1. The van der Waals surface area contributed by atoms with Crippen LogP contribution in [0.4, 0.5) is 0 Å². The molecule has 5 N–H and O–H groups in total. The Bertz CT molecular complexity index is 2680. The van der Waals surface area contributed by atoms with Gasteiger partial charge in [-0.25, -0.2) is 19.2 Å². The first-order valence-electron chi connectivity index (χ1n) is 29.4. The van der Waals surface area contributed by atoms with Gasteiger partial charge in [0.2, 0.25) is 5.76 Å². The van der Waals surface area contributed by atoms with E-state index in [1.54, 1.807) is 38.1 Å². The molecule has 0 amide bonds. The van der Waals surface area contributed by atoms with E-state index in [4.69, 9.17) is 29.9 Å². The van der Waals surface area contributed by atoms with Crippen LogP contribution in [-0.2, 0) is 38.3 Å². The van der Waals surface area contributed by atoms with Crippen LogP contribution in [0.1, 0.15) is 193 Å². The molecule has 16 nitrogen and oxygen atoms in total. The monoisotopic (exact) mass is 1220 g/mol. The number of benzene rings is 1. The molecule has 0 unspecified atom stereocenters. The molecule has 0 atom stereocenters. The lowest BCUT2D eigenvalue weighted by molar-refractivity contribution is -0.137. The minimum absolute atomic E-state index is 0. The molecule has 2 rings (SSSR count). The van der Waals surface area contributed by atoms with Crippen molar-refractivity contribution in [1.82, 2.24) is 0 Å². The number of carbonyl (C=O) groups excluding carboxylic acids is 3. The van der Waals surface area contributed by atoms with Gasteiger partial charge in [-0.05, 0) is 128 Å². The molecule has 0 saturated heterocycles. The second-order valence-corrected chi connectivity index (χ2v) is 18.6. The van der Waals surface area contributed by atoms with Crippen LogP contribution < -0.4 is 5.43 Å². The van der Waals surface area contributed by atoms with Crippen LogP contribution in [0.2, 0.25) is 0 Å². The van der Waals surface area contributed by atoms with E-state index < -0.39 is 35.8 Å². The standard InChI is InChI=1S/C21H30O2.C20H30O2.C11H8O4.C9H18O.C5H6O4.C5H6O3.CH4/c1-2-3-4-5-6-7-8-9-10-11-12-13-14-15-16-17-18-19-20-21(22)23;1-2-3-4-5-6-7-8-9-10-11-12-13-14-15-16-17-18-19-20(21)22;1-6-3-2-4-8-10(6)7(12)5-9(15-8)11(13)14;1-3-4-5-6-7-8-9(2)10;1-9-5(8)3-2-4(6)7;1-4(6)2-3-5(7)8;/h3-4,6-7,9-10,12-13,15-16,18-19H,2,5,8,11,14,17,20H2,1H3,(H,22,23);3-4,6-7,9-10,12-13,15-16H,2,5,8,11,14,17-19H2,1H3,(H,21,22);2-5H,1H3,(H,13,14);3-8H2,1-2H3;2-3H,1H3,(H,6,7);2-3H,1H3,(H,7,8);1H4/b4-3-,7-6-,10-9-,13-12-,16-15-,19-18-;4-3-,7-6-,10-9-,13-12-,16-15-;;;2*3-2+;. The van der Waals surface area contributed by atoms with E-state index in [2.05, 4.69) is 147 Å². The van der Waals surface area contributed by atoms with Crippen molar-refractivity contribution in [3.8, 4) is 0 Å². The van der Waals surface area contributed by atoms with E-state index in [9.17, 15) is 43.2 Å². The number of ether oxygens (including phenoxy) is 1. The van der Waals surface area contributed by atoms with Gasteiger partial charge < -0.3 is 39.5 Å². The summed E-state index contributed by atoms with van der Waals surface area (Å²) < 4.78 is 9.20. The Kier molecular flexibility index (Phi) is 67.3. The van der Waals surface area contributed by atoms with E-state index >= 15 is 0 Å². The summed E-state index contributed by atoms with van der Waals surface area (Å²) in [6.07, 6.45) is 69.9. The van der Waals surface area contributed by atoms with Crippen molar-refractivity contribution in [3.63, 3.8) is 0 Å². The summed E-state index contributed by atoms with van der Waals surface area (Å²) in [7, 11) is 1.18. The topological polar surface area (TPSA) is 277 Å². The van der Waals surface area contributed by atoms with Gasteiger partial charge >= 0.3 is 35.8 Å². The molecule has 1 heterocycles. The van der Waals surface area contributed by atoms with Crippen LogP contribution in [-0.4, -0.2) is 80.0 Å². The minimum Gasteiger partial charge on any atom is -0.481 e. The van der Waals surface area contributed by atoms with Crippen LogP contribution in [0.3, 0.4) is 0 Å². The summed E-state index contributed by atoms with van der Waals surface area (Å²) in [5.41, 5.74) is 0.754. The highest BCUT2D eigenvalue weighted by Crippen LogP contribution is 2.16. The Morgan fingerprint density at radius 2 is 0.898 bits per heavy atom. The summed E-state index contributed by atoms with van der Waals surface area (Å²) >= 11 is 0. The number of rotatable bonds is 37. The third-order valence-corrected chi connectivity index (χ3v) is 10.6. The first-order valence-corrected chi connectivity index (χ1v) is 29.4. The number of hydrogen-bond donors (Lipinski definition) is 5. The molecule has 1 aromatic heterocycles. The highest BCUT2D eigenvalue weighted by Gasteiger charge is 2.11. The number of carbonyl (C=O) groups is 8. The number of allylic oxidation sites excluding steroid dienone is 22. The van der Waals surface area contributed by atoms with Crippen LogP contribution in [0.15, 0.2) is 191 Å². The molecule has 0 aliphatic rings. The van der Waals surface area contributed by atoms with Crippen molar-refractivity contribution < 1.29 is 73.0 Å². The number of aliphatic carboxylic acids is 4. The molecule has 0 saturated carbocycles. The fourth-order valence-electron chi connectivity index (χ4n) is 6.31. The summed E-state index contributed by atoms with van der Waals surface area (Å²) in [5.74, 6) is -5.94. The number of unbranched alkanes of at least 4 members (excludes halogenated alkanes) is 5. The molecule has 0 radical (unpaired) electrons. The van der Waals surface area contributed by atoms with Crippen molar-refractivity contribution in [2.45, 2.75) is 184 Å².